The van der Waals surface area contributed by atoms with Crippen molar-refractivity contribution in [1.82, 2.24) is 14.9 Å². The first-order chi connectivity index (χ1) is 16.6. The van der Waals surface area contributed by atoms with Gasteiger partial charge in [0.05, 0.1) is 29.5 Å². The number of nitrogens with one attached hydrogen (secondary N) is 2. The zero-order valence-electron chi connectivity index (χ0n) is 18.3. The van der Waals surface area contributed by atoms with E-state index in [1.807, 2.05) is 12.1 Å². The van der Waals surface area contributed by atoms with E-state index in [2.05, 4.69) is 21.7 Å². The van der Waals surface area contributed by atoms with Crippen molar-refractivity contribution in [1.29, 1.82) is 0 Å². The van der Waals surface area contributed by atoms with Gasteiger partial charge in [-0.05, 0) is 42.8 Å². The molecule has 0 spiro atoms. The molecular formula is C24H23N5O5. The third-order valence-electron chi connectivity index (χ3n) is 6.55. The van der Waals surface area contributed by atoms with E-state index < -0.39 is 6.09 Å². The second-order valence-corrected chi connectivity index (χ2v) is 8.75. The van der Waals surface area contributed by atoms with Crippen LogP contribution in [0.1, 0.15) is 17.9 Å². The molecule has 2 atom stereocenters. The van der Waals surface area contributed by atoms with Crippen LogP contribution < -0.4 is 25.8 Å². The van der Waals surface area contributed by atoms with Crippen LogP contribution in [0.25, 0.3) is 11.0 Å². The predicted octanol–water partition coefficient (Wildman–Crippen LogP) is 1.83. The smallest absolute Gasteiger partial charge is 0.414 e. The Kier molecular flexibility index (Phi) is 4.95. The van der Waals surface area contributed by atoms with Gasteiger partial charge >= 0.3 is 6.09 Å². The maximum atomic E-state index is 12.4. The lowest BCUT2D eigenvalue weighted by Crippen LogP contribution is -2.29. The predicted molar refractivity (Wildman–Crippen MR) is 124 cm³/mol. The quantitative estimate of drug-likeness (QED) is 0.538. The number of carbonyl (C=O) groups excluding carboxylic acids is 2. The van der Waals surface area contributed by atoms with Gasteiger partial charge in [0.25, 0.3) is 11.5 Å². The van der Waals surface area contributed by atoms with Crippen LogP contribution in [0.4, 0.5) is 16.2 Å². The van der Waals surface area contributed by atoms with Crippen LogP contribution >= 0.6 is 0 Å². The summed E-state index contributed by atoms with van der Waals surface area (Å²) in [6.45, 7) is 2.45. The van der Waals surface area contributed by atoms with Crippen molar-refractivity contribution in [3.63, 3.8) is 0 Å². The molecule has 1 fully saturated rings. The van der Waals surface area contributed by atoms with Crippen molar-refractivity contribution in [2.75, 3.05) is 36.5 Å². The maximum Gasteiger partial charge on any atom is 0.414 e. The minimum atomic E-state index is -0.405. The molecule has 174 valence electrons. The lowest BCUT2D eigenvalue weighted by Gasteiger charge is -2.20. The first-order valence-corrected chi connectivity index (χ1v) is 11.3. The fourth-order valence-electron chi connectivity index (χ4n) is 4.92. The summed E-state index contributed by atoms with van der Waals surface area (Å²) in [4.78, 5) is 42.1. The molecule has 2 N–H and O–H groups in total. The van der Waals surface area contributed by atoms with E-state index in [1.54, 1.807) is 27.7 Å². The van der Waals surface area contributed by atoms with E-state index in [0.29, 0.717) is 43.2 Å². The third-order valence-corrected chi connectivity index (χ3v) is 6.55. The van der Waals surface area contributed by atoms with Gasteiger partial charge in [0, 0.05) is 24.7 Å². The molecule has 2 aromatic carbocycles. The molecule has 1 unspecified atom stereocenters. The van der Waals surface area contributed by atoms with Crippen molar-refractivity contribution in [3.8, 4) is 5.75 Å². The van der Waals surface area contributed by atoms with Crippen LogP contribution in [0.3, 0.4) is 0 Å². The monoisotopic (exact) mass is 461 g/mol. The van der Waals surface area contributed by atoms with Crippen LogP contribution in [0.2, 0.25) is 0 Å². The number of para-hydroxylation sites is 1. The summed E-state index contributed by atoms with van der Waals surface area (Å²) in [5.74, 6) is 0.552. The van der Waals surface area contributed by atoms with E-state index in [9.17, 15) is 14.4 Å². The molecule has 2 amide bonds. The molecule has 0 aliphatic carbocycles. The Morgan fingerprint density at radius 1 is 1.15 bits per heavy atom. The zero-order valence-corrected chi connectivity index (χ0v) is 18.3. The van der Waals surface area contributed by atoms with Gasteiger partial charge in [-0.1, -0.05) is 12.1 Å². The van der Waals surface area contributed by atoms with Crippen molar-refractivity contribution in [2.45, 2.75) is 25.0 Å². The van der Waals surface area contributed by atoms with Crippen LogP contribution in [-0.2, 0) is 16.1 Å². The summed E-state index contributed by atoms with van der Waals surface area (Å²) in [6, 6.07) is 11.2. The van der Waals surface area contributed by atoms with Gasteiger partial charge in [0.1, 0.15) is 11.9 Å². The normalized spacial score (nSPS) is 20.8. The molecule has 0 radical (unpaired) electrons. The van der Waals surface area contributed by atoms with E-state index in [4.69, 9.17) is 9.47 Å². The molecule has 3 aliphatic rings. The summed E-state index contributed by atoms with van der Waals surface area (Å²) < 4.78 is 12.7. The van der Waals surface area contributed by atoms with Gasteiger partial charge in [-0.25, -0.2) is 9.78 Å². The van der Waals surface area contributed by atoms with Gasteiger partial charge in [0.2, 0.25) is 0 Å². The second-order valence-electron chi connectivity index (χ2n) is 8.75. The number of benzene rings is 2. The standard InChI is InChI=1S/C24H23N5O5/c30-21-13-33-20-5-4-15(8-19(20)27-21)28-12-16(34-24(28)32)6-7-25-9-14-11-29-22(31)10-26-18-3-1-2-17(14)23(18)29/h1-5,8,10,14,16,25H,6-7,9,11-13H2,(H,27,30)/t14?,16-/m0/s1. The molecule has 34 heavy (non-hydrogen) atoms. The number of amides is 2. The first kappa shape index (κ1) is 20.7. The number of cyclic esters (lactones) is 1. The van der Waals surface area contributed by atoms with E-state index in [0.717, 1.165) is 23.1 Å². The Morgan fingerprint density at radius 2 is 2.06 bits per heavy atom. The fraction of sp³-hybridized carbons (Fsp3) is 0.333. The highest BCUT2D eigenvalue weighted by molar-refractivity contribution is 5.97. The molecule has 10 nitrogen and oxygen atoms in total. The van der Waals surface area contributed by atoms with Crippen LogP contribution in [0, 0.1) is 0 Å². The molecule has 1 aromatic heterocycles. The van der Waals surface area contributed by atoms with Gasteiger partial charge < -0.3 is 24.7 Å². The molecule has 1 saturated heterocycles. The topological polar surface area (TPSA) is 115 Å². The third kappa shape index (κ3) is 3.56. The van der Waals surface area contributed by atoms with Gasteiger partial charge in [-0.15, -0.1) is 0 Å². The zero-order chi connectivity index (χ0) is 23.2. The number of anilines is 2. The number of nitrogens with zero attached hydrogens (tertiary/aromatic N) is 3. The van der Waals surface area contributed by atoms with Crippen molar-refractivity contribution >= 4 is 34.4 Å². The number of fused-ring (bicyclic) bond motifs is 1. The van der Waals surface area contributed by atoms with Gasteiger partial charge in [-0.3, -0.25) is 14.5 Å². The van der Waals surface area contributed by atoms with Crippen LogP contribution in [-0.4, -0.2) is 53.9 Å². The second kappa shape index (κ2) is 8.14. The summed E-state index contributed by atoms with van der Waals surface area (Å²) in [6.07, 6.45) is 1.40. The Labute approximate surface area is 194 Å². The summed E-state index contributed by atoms with van der Waals surface area (Å²) >= 11 is 0. The summed E-state index contributed by atoms with van der Waals surface area (Å²) in [7, 11) is 0. The van der Waals surface area contributed by atoms with Crippen molar-refractivity contribution in [2.24, 2.45) is 0 Å². The first-order valence-electron chi connectivity index (χ1n) is 11.3. The molecular weight excluding hydrogens is 438 g/mol. The highest BCUT2D eigenvalue weighted by Gasteiger charge is 2.33. The molecule has 0 bridgehead atoms. The minimum absolute atomic E-state index is 0.0110. The minimum Gasteiger partial charge on any atom is -0.482 e. The summed E-state index contributed by atoms with van der Waals surface area (Å²) in [5, 5.41) is 6.21. The van der Waals surface area contributed by atoms with E-state index in [1.165, 1.54) is 6.20 Å². The largest absolute Gasteiger partial charge is 0.482 e. The molecule has 3 aliphatic heterocycles. The molecule has 3 aromatic rings. The number of aromatic nitrogens is 2. The van der Waals surface area contributed by atoms with Gasteiger partial charge in [-0.2, -0.15) is 0 Å². The lowest BCUT2D eigenvalue weighted by molar-refractivity contribution is -0.118. The molecule has 0 saturated carbocycles. The Balaban J connectivity index is 1.05. The SMILES string of the molecule is O=C1COc2ccc(N3C[C@H](CCNCC4Cn5c(=O)cnc6cccc4c65)OC3=O)cc2N1. The molecule has 6 rings (SSSR count). The maximum absolute atomic E-state index is 12.4. The Hall–Kier alpha value is -3.92. The number of carbonyl (C=O) groups is 2. The van der Waals surface area contributed by atoms with Crippen LogP contribution in [0.15, 0.2) is 47.4 Å². The number of ether oxygens (including phenoxy) is 2. The van der Waals surface area contributed by atoms with Crippen molar-refractivity contribution in [3.05, 3.63) is 58.5 Å². The molecule has 4 heterocycles. The highest BCUT2D eigenvalue weighted by Crippen LogP contribution is 2.34. The molecule has 10 heteroatoms. The number of hydrogen-bond acceptors (Lipinski definition) is 7. The Morgan fingerprint density at radius 3 is 2.97 bits per heavy atom. The average molecular weight is 461 g/mol. The lowest BCUT2D eigenvalue weighted by atomic mass is 10.0. The van der Waals surface area contributed by atoms with E-state index in [-0.39, 0.29) is 30.1 Å². The average Bonchev–Trinajstić information content (AvgIpc) is 3.40. The van der Waals surface area contributed by atoms with E-state index >= 15 is 0 Å². The number of hydrogen-bond donors (Lipinski definition) is 2. The highest BCUT2D eigenvalue weighted by atomic mass is 16.6. The van der Waals surface area contributed by atoms with Crippen molar-refractivity contribution < 1.29 is 19.1 Å². The summed E-state index contributed by atoms with van der Waals surface area (Å²) in [5.41, 5.74) is 4.03. The fourth-order valence-corrected chi connectivity index (χ4v) is 4.92. The number of rotatable bonds is 6. The van der Waals surface area contributed by atoms with Gasteiger partial charge in [0.15, 0.2) is 6.61 Å². The Bertz CT molecular complexity index is 1370. The van der Waals surface area contributed by atoms with Crippen LogP contribution in [0.5, 0.6) is 5.75 Å².